The monoisotopic (exact) mass is 316 g/mol. The quantitative estimate of drug-likeness (QED) is 0.842. The molecule has 0 bridgehead atoms. The van der Waals surface area contributed by atoms with Gasteiger partial charge in [0.25, 0.3) is 0 Å². The molecule has 126 valence electrons. The highest BCUT2D eigenvalue weighted by Gasteiger charge is 2.41. The van der Waals surface area contributed by atoms with E-state index in [9.17, 15) is 4.79 Å². The number of carbonyl (C=O) groups is 1. The van der Waals surface area contributed by atoms with Gasteiger partial charge in [0, 0.05) is 43.4 Å². The fourth-order valence-electron chi connectivity index (χ4n) is 3.96. The summed E-state index contributed by atoms with van der Waals surface area (Å²) in [5.41, 5.74) is 2.56. The highest BCUT2D eigenvalue weighted by molar-refractivity contribution is 5.77. The Kier molecular flexibility index (Phi) is 4.30. The average Bonchev–Trinajstić information content (AvgIpc) is 2.53. The minimum atomic E-state index is 0.310. The van der Waals surface area contributed by atoms with Crippen LogP contribution in [-0.2, 0) is 4.79 Å². The summed E-state index contributed by atoms with van der Waals surface area (Å²) < 4.78 is 0. The molecule has 1 aromatic heterocycles. The van der Waals surface area contributed by atoms with E-state index in [-0.39, 0.29) is 0 Å². The molecule has 3 heterocycles. The van der Waals surface area contributed by atoms with Gasteiger partial charge in [0.05, 0.1) is 0 Å². The highest BCUT2D eigenvalue weighted by atomic mass is 16.2. The van der Waals surface area contributed by atoms with Crippen LogP contribution in [0.2, 0.25) is 0 Å². The number of piperidine rings is 2. The van der Waals surface area contributed by atoms with Gasteiger partial charge in [-0.05, 0) is 52.4 Å². The number of rotatable bonds is 2. The van der Waals surface area contributed by atoms with Crippen molar-refractivity contribution in [3.63, 3.8) is 0 Å². The third-order valence-corrected chi connectivity index (χ3v) is 5.75. The summed E-state index contributed by atoms with van der Waals surface area (Å²) in [6.45, 7) is 11.4. The second-order valence-corrected chi connectivity index (χ2v) is 7.51. The van der Waals surface area contributed by atoms with E-state index in [2.05, 4.69) is 40.5 Å². The molecule has 0 radical (unpaired) electrons. The Morgan fingerprint density at radius 1 is 1.13 bits per heavy atom. The van der Waals surface area contributed by atoms with Crippen LogP contribution in [0.3, 0.4) is 0 Å². The molecule has 2 aliphatic heterocycles. The van der Waals surface area contributed by atoms with Crippen LogP contribution in [0.15, 0.2) is 6.33 Å². The van der Waals surface area contributed by atoms with E-state index in [0.717, 1.165) is 50.4 Å². The maximum atomic E-state index is 12.1. The molecule has 0 unspecified atom stereocenters. The second-order valence-electron chi connectivity index (χ2n) is 7.51. The highest BCUT2D eigenvalue weighted by Crippen LogP contribution is 2.41. The van der Waals surface area contributed by atoms with Gasteiger partial charge < -0.3 is 9.80 Å². The van der Waals surface area contributed by atoms with Crippen molar-refractivity contribution in [1.29, 1.82) is 0 Å². The van der Waals surface area contributed by atoms with E-state index in [1.165, 1.54) is 5.56 Å². The maximum absolute atomic E-state index is 12.1. The Balaban J connectivity index is 1.71. The van der Waals surface area contributed by atoms with Gasteiger partial charge in [-0.15, -0.1) is 0 Å². The first kappa shape index (κ1) is 16.2. The van der Waals surface area contributed by atoms with Crippen LogP contribution >= 0.6 is 0 Å². The lowest BCUT2D eigenvalue weighted by molar-refractivity contribution is -0.140. The molecule has 2 fully saturated rings. The number of anilines is 1. The van der Waals surface area contributed by atoms with E-state index in [4.69, 9.17) is 0 Å². The number of aryl methyl sites for hydroxylation is 1. The molecule has 0 atom stereocenters. The fraction of sp³-hybridized carbons (Fsp3) is 0.722. The maximum Gasteiger partial charge on any atom is 0.222 e. The molecule has 1 spiro atoms. The van der Waals surface area contributed by atoms with Crippen molar-refractivity contribution < 1.29 is 4.79 Å². The van der Waals surface area contributed by atoms with Gasteiger partial charge in [0.1, 0.15) is 12.1 Å². The molecule has 2 saturated heterocycles. The van der Waals surface area contributed by atoms with Crippen molar-refractivity contribution in [3.05, 3.63) is 17.6 Å². The molecule has 0 saturated carbocycles. The molecule has 0 N–H and O–H groups in total. The van der Waals surface area contributed by atoms with E-state index in [0.29, 0.717) is 23.8 Å². The smallest absolute Gasteiger partial charge is 0.222 e. The first-order chi connectivity index (χ1) is 10.9. The largest absolute Gasteiger partial charge is 0.356 e. The number of hydrogen-bond acceptors (Lipinski definition) is 4. The Bertz CT molecular complexity index is 591. The standard InChI is InChI=1S/C18H28N4O/c1-13(2)22-11-18(6-5-16(22)23)7-9-21(10-8-18)17-14(3)15(4)19-12-20-17/h12-13H,5-11H2,1-4H3. The molecule has 1 aromatic rings. The Morgan fingerprint density at radius 3 is 2.48 bits per heavy atom. The second kappa shape index (κ2) is 6.10. The predicted octanol–water partition coefficient (Wildman–Crippen LogP) is 2.71. The van der Waals surface area contributed by atoms with Crippen LogP contribution in [0.1, 0.15) is 50.8 Å². The van der Waals surface area contributed by atoms with Gasteiger partial charge in [-0.3, -0.25) is 4.79 Å². The number of nitrogens with zero attached hydrogens (tertiary/aromatic N) is 4. The zero-order valence-corrected chi connectivity index (χ0v) is 14.8. The fourth-order valence-corrected chi connectivity index (χ4v) is 3.96. The van der Waals surface area contributed by atoms with Crippen LogP contribution < -0.4 is 4.90 Å². The van der Waals surface area contributed by atoms with Crippen LogP contribution in [0.4, 0.5) is 5.82 Å². The van der Waals surface area contributed by atoms with Crippen LogP contribution in [0, 0.1) is 19.3 Å². The molecule has 1 amide bonds. The topological polar surface area (TPSA) is 49.3 Å². The molecular formula is C18H28N4O. The summed E-state index contributed by atoms with van der Waals surface area (Å²) in [6.07, 6.45) is 5.72. The van der Waals surface area contributed by atoms with Crippen molar-refractivity contribution in [3.8, 4) is 0 Å². The molecule has 5 heteroatoms. The summed E-state index contributed by atoms with van der Waals surface area (Å²) in [5.74, 6) is 1.41. The van der Waals surface area contributed by atoms with Crippen molar-refractivity contribution in [2.75, 3.05) is 24.5 Å². The molecule has 23 heavy (non-hydrogen) atoms. The van der Waals surface area contributed by atoms with Gasteiger partial charge in [-0.2, -0.15) is 0 Å². The van der Waals surface area contributed by atoms with Crippen molar-refractivity contribution >= 4 is 11.7 Å². The van der Waals surface area contributed by atoms with E-state index in [1.54, 1.807) is 6.33 Å². The zero-order valence-electron chi connectivity index (χ0n) is 14.8. The SMILES string of the molecule is Cc1ncnc(N2CCC3(CCC(=O)N(C(C)C)C3)CC2)c1C. The molecule has 3 rings (SSSR count). The van der Waals surface area contributed by atoms with Gasteiger partial charge >= 0.3 is 0 Å². The van der Waals surface area contributed by atoms with Crippen LogP contribution in [0.5, 0.6) is 0 Å². The van der Waals surface area contributed by atoms with E-state index in [1.807, 2.05) is 6.92 Å². The van der Waals surface area contributed by atoms with Gasteiger partial charge in [0.15, 0.2) is 0 Å². The minimum Gasteiger partial charge on any atom is -0.356 e. The van der Waals surface area contributed by atoms with Crippen molar-refractivity contribution in [2.24, 2.45) is 5.41 Å². The lowest BCUT2D eigenvalue weighted by Crippen LogP contribution is -2.53. The third kappa shape index (κ3) is 3.06. The molecule has 5 nitrogen and oxygen atoms in total. The molecule has 0 aliphatic carbocycles. The van der Waals surface area contributed by atoms with Gasteiger partial charge in [-0.1, -0.05) is 0 Å². The van der Waals surface area contributed by atoms with Gasteiger partial charge in [0.2, 0.25) is 5.91 Å². The van der Waals surface area contributed by atoms with Crippen molar-refractivity contribution in [1.82, 2.24) is 14.9 Å². The lowest BCUT2D eigenvalue weighted by atomic mass is 9.72. The van der Waals surface area contributed by atoms with E-state index < -0.39 is 0 Å². The number of hydrogen-bond donors (Lipinski definition) is 0. The van der Waals surface area contributed by atoms with Crippen LogP contribution in [-0.4, -0.2) is 46.5 Å². The summed E-state index contributed by atoms with van der Waals surface area (Å²) in [4.78, 5) is 25.4. The summed E-state index contributed by atoms with van der Waals surface area (Å²) in [5, 5.41) is 0. The Labute approximate surface area is 139 Å². The number of carbonyl (C=O) groups excluding carboxylic acids is 1. The number of amides is 1. The molecular weight excluding hydrogens is 288 g/mol. The average molecular weight is 316 g/mol. The normalized spacial score (nSPS) is 21.3. The summed E-state index contributed by atoms with van der Waals surface area (Å²) in [7, 11) is 0. The summed E-state index contributed by atoms with van der Waals surface area (Å²) in [6, 6.07) is 0.310. The Hall–Kier alpha value is -1.65. The number of likely N-dealkylation sites (tertiary alicyclic amines) is 1. The zero-order chi connectivity index (χ0) is 16.6. The van der Waals surface area contributed by atoms with Crippen LogP contribution in [0.25, 0.3) is 0 Å². The van der Waals surface area contributed by atoms with E-state index >= 15 is 0 Å². The molecule has 0 aromatic carbocycles. The first-order valence-corrected chi connectivity index (χ1v) is 8.74. The summed E-state index contributed by atoms with van der Waals surface area (Å²) >= 11 is 0. The third-order valence-electron chi connectivity index (χ3n) is 5.75. The van der Waals surface area contributed by atoms with Gasteiger partial charge in [-0.25, -0.2) is 9.97 Å². The number of aromatic nitrogens is 2. The van der Waals surface area contributed by atoms with Crippen molar-refractivity contribution in [2.45, 2.75) is 59.4 Å². The molecule has 2 aliphatic rings. The minimum absolute atomic E-state index is 0.310. The Morgan fingerprint density at radius 2 is 1.83 bits per heavy atom. The predicted molar refractivity (Wildman–Crippen MR) is 91.5 cm³/mol. The first-order valence-electron chi connectivity index (χ1n) is 8.74. The lowest BCUT2D eigenvalue weighted by Gasteiger charge is -2.49.